The molecule has 0 saturated carbocycles. The summed E-state index contributed by atoms with van der Waals surface area (Å²) in [7, 11) is -3.32. The van der Waals surface area contributed by atoms with Gasteiger partial charge in [0.15, 0.2) is 9.84 Å². The maximum atomic E-state index is 11.5. The number of hydrogen-bond donors (Lipinski definition) is 1. The van der Waals surface area contributed by atoms with Gasteiger partial charge in [0.2, 0.25) is 0 Å². The van der Waals surface area contributed by atoms with Crippen molar-refractivity contribution in [1.82, 2.24) is 0 Å². The molecule has 78 valence electrons. The Labute approximate surface area is 92.7 Å². The summed E-state index contributed by atoms with van der Waals surface area (Å²) >= 11 is 11.0. The van der Waals surface area contributed by atoms with Crippen LogP contribution in [-0.2, 0) is 9.84 Å². The largest absolute Gasteiger partial charge is 0.397 e. The van der Waals surface area contributed by atoms with Gasteiger partial charge in [0.25, 0.3) is 0 Å². The van der Waals surface area contributed by atoms with E-state index >= 15 is 0 Å². The molecule has 0 aliphatic rings. The quantitative estimate of drug-likeness (QED) is 0.662. The van der Waals surface area contributed by atoms with Crippen LogP contribution in [0.3, 0.4) is 0 Å². The third-order valence-electron chi connectivity index (χ3n) is 1.67. The highest BCUT2D eigenvalue weighted by molar-refractivity contribution is 7.91. The first-order valence-electron chi connectivity index (χ1n) is 3.81. The fourth-order valence-electron chi connectivity index (χ4n) is 0.935. The zero-order valence-corrected chi connectivity index (χ0v) is 9.53. The predicted molar refractivity (Wildman–Crippen MR) is 58.6 cm³/mol. The van der Waals surface area contributed by atoms with Crippen molar-refractivity contribution in [1.29, 1.82) is 0 Å². The summed E-state index contributed by atoms with van der Waals surface area (Å²) in [5, 5.41) is 0.342. The second-order valence-corrected chi connectivity index (χ2v) is 5.59. The molecule has 0 unspecified atom stereocenters. The monoisotopic (exact) mass is 253 g/mol. The summed E-state index contributed by atoms with van der Waals surface area (Å²) in [6.45, 7) is 0. The van der Waals surface area contributed by atoms with Gasteiger partial charge in [0.05, 0.1) is 21.4 Å². The van der Waals surface area contributed by atoms with Crippen molar-refractivity contribution in [3.8, 4) is 0 Å². The van der Waals surface area contributed by atoms with E-state index in [-0.39, 0.29) is 22.2 Å². The van der Waals surface area contributed by atoms with Crippen LogP contribution in [0.2, 0.25) is 5.02 Å². The summed E-state index contributed by atoms with van der Waals surface area (Å²) in [6, 6.07) is 4.21. The van der Waals surface area contributed by atoms with Crippen molar-refractivity contribution < 1.29 is 8.42 Å². The molecule has 0 aliphatic carbocycles. The smallest absolute Gasteiger partial charge is 0.179 e. The SMILES string of the molecule is Nc1cc(S(=O)(=O)CCCl)ccc1Cl. The standard InChI is InChI=1S/C8H9Cl2NO2S/c9-3-4-14(12,13)6-1-2-7(10)8(11)5-6/h1-2,5H,3-4,11H2. The number of hydrogen-bond acceptors (Lipinski definition) is 3. The van der Waals surface area contributed by atoms with Crippen LogP contribution in [0.1, 0.15) is 0 Å². The van der Waals surface area contributed by atoms with Crippen LogP contribution >= 0.6 is 23.2 Å². The van der Waals surface area contributed by atoms with Crippen LogP contribution < -0.4 is 5.73 Å². The highest BCUT2D eigenvalue weighted by Gasteiger charge is 2.14. The van der Waals surface area contributed by atoms with E-state index in [4.69, 9.17) is 28.9 Å². The predicted octanol–water partition coefficient (Wildman–Crippen LogP) is 1.93. The van der Waals surface area contributed by atoms with E-state index < -0.39 is 9.84 Å². The fraction of sp³-hybridized carbons (Fsp3) is 0.250. The molecule has 2 N–H and O–H groups in total. The first-order valence-corrected chi connectivity index (χ1v) is 6.37. The molecular formula is C8H9Cl2NO2S. The molecule has 1 aromatic carbocycles. The number of nitrogens with two attached hydrogens (primary N) is 1. The van der Waals surface area contributed by atoms with E-state index in [2.05, 4.69) is 0 Å². The Morgan fingerprint density at radius 3 is 2.50 bits per heavy atom. The van der Waals surface area contributed by atoms with Crippen LogP contribution in [0.4, 0.5) is 5.69 Å². The Bertz CT molecular complexity index is 431. The van der Waals surface area contributed by atoms with Gasteiger partial charge in [0.1, 0.15) is 0 Å². The first kappa shape index (κ1) is 11.6. The molecule has 0 radical (unpaired) electrons. The minimum absolute atomic E-state index is 0.0604. The lowest BCUT2D eigenvalue weighted by atomic mass is 10.3. The fourth-order valence-corrected chi connectivity index (χ4v) is 2.68. The lowest BCUT2D eigenvalue weighted by Gasteiger charge is -2.04. The van der Waals surface area contributed by atoms with Crippen molar-refractivity contribution in [2.45, 2.75) is 4.90 Å². The van der Waals surface area contributed by atoms with Gasteiger partial charge in [-0.2, -0.15) is 0 Å². The molecule has 0 saturated heterocycles. The Kier molecular flexibility index (Phi) is 3.64. The molecule has 1 rings (SSSR count). The number of alkyl halides is 1. The summed E-state index contributed by atoms with van der Waals surface area (Å²) in [4.78, 5) is 0.153. The molecule has 0 fully saturated rings. The van der Waals surface area contributed by atoms with E-state index in [1.54, 1.807) is 0 Å². The Morgan fingerprint density at radius 2 is 2.00 bits per heavy atom. The topological polar surface area (TPSA) is 60.2 Å². The Balaban J connectivity index is 3.15. The van der Waals surface area contributed by atoms with Gasteiger partial charge >= 0.3 is 0 Å². The van der Waals surface area contributed by atoms with E-state index in [0.29, 0.717) is 5.02 Å². The highest BCUT2D eigenvalue weighted by Crippen LogP contribution is 2.22. The molecule has 0 bridgehead atoms. The lowest BCUT2D eigenvalue weighted by molar-refractivity contribution is 0.597. The zero-order chi connectivity index (χ0) is 10.8. The number of anilines is 1. The third kappa shape index (κ3) is 2.53. The molecule has 14 heavy (non-hydrogen) atoms. The van der Waals surface area contributed by atoms with Gasteiger partial charge in [-0.15, -0.1) is 11.6 Å². The number of rotatable bonds is 3. The summed E-state index contributed by atoms with van der Waals surface area (Å²) < 4.78 is 23.0. The number of nitrogen functional groups attached to an aromatic ring is 1. The molecule has 3 nitrogen and oxygen atoms in total. The van der Waals surface area contributed by atoms with E-state index in [1.807, 2.05) is 0 Å². The zero-order valence-electron chi connectivity index (χ0n) is 7.20. The van der Waals surface area contributed by atoms with Crippen molar-refractivity contribution in [3.05, 3.63) is 23.2 Å². The molecule has 0 heterocycles. The second kappa shape index (κ2) is 4.38. The van der Waals surface area contributed by atoms with Crippen molar-refractivity contribution >= 4 is 38.7 Å². The average molecular weight is 254 g/mol. The Morgan fingerprint density at radius 1 is 1.36 bits per heavy atom. The van der Waals surface area contributed by atoms with Crippen molar-refractivity contribution in [2.75, 3.05) is 17.4 Å². The maximum absolute atomic E-state index is 11.5. The summed E-state index contributed by atoms with van der Waals surface area (Å²) in [6.07, 6.45) is 0. The molecule has 1 aromatic rings. The number of halogens is 2. The van der Waals surface area contributed by atoms with Gasteiger partial charge in [-0.1, -0.05) is 11.6 Å². The van der Waals surface area contributed by atoms with Crippen molar-refractivity contribution in [3.63, 3.8) is 0 Å². The van der Waals surface area contributed by atoms with Crippen LogP contribution in [0.15, 0.2) is 23.1 Å². The normalized spacial score (nSPS) is 11.6. The van der Waals surface area contributed by atoms with Gasteiger partial charge in [-0.3, -0.25) is 0 Å². The van der Waals surface area contributed by atoms with E-state index in [9.17, 15) is 8.42 Å². The maximum Gasteiger partial charge on any atom is 0.179 e. The summed E-state index contributed by atoms with van der Waals surface area (Å²) in [5.41, 5.74) is 5.74. The minimum Gasteiger partial charge on any atom is -0.397 e. The first-order chi connectivity index (χ1) is 6.47. The van der Waals surface area contributed by atoms with Gasteiger partial charge in [0, 0.05) is 5.88 Å². The van der Waals surface area contributed by atoms with Crippen LogP contribution in [-0.4, -0.2) is 20.1 Å². The molecule has 0 spiro atoms. The Hall–Kier alpha value is -0.450. The van der Waals surface area contributed by atoms with Crippen LogP contribution in [0.25, 0.3) is 0 Å². The molecule has 0 amide bonds. The second-order valence-electron chi connectivity index (χ2n) is 2.69. The molecule has 0 atom stereocenters. The van der Waals surface area contributed by atoms with Crippen LogP contribution in [0, 0.1) is 0 Å². The van der Waals surface area contributed by atoms with Gasteiger partial charge in [-0.25, -0.2) is 8.42 Å². The van der Waals surface area contributed by atoms with Gasteiger partial charge in [-0.05, 0) is 18.2 Å². The summed E-state index contributed by atoms with van der Waals surface area (Å²) in [5.74, 6) is -0.0412. The van der Waals surface area contributed by atoms with E-state index in [1.165, 1.54) is 18.2 Å². The molecule has 6 heteroatoms. The highest BCUT2D eigenvalue weighted by atomic mass is 35.5. The number of sulfone groups is 1. The van der Waals surface area contributed by atoms with Gasteiger partial charge < -0.3 is 5.73 Å². The average Bonchev–Trinajstić information content (AvgIpc) is 2.09. The molecule has 0 aliphatic heterocycles. The third-order valence-corrected chi connectivity index (χ3v) is 4.14. The van der Waals surface area contributed by atoms with Crippen molar-refractivity contribution in [2.24, 2.45) is 0 Å². The van der Waals surface area contributed by atoms with Crippen LogP contribution in [0.5, 0.6) is 0 Å². The minimum atomic E-state index is -3.32. The number of benzene rings is 1. The van der Waals surface area contributed by atoms with E-state index in [0.717, 1.165) is 0 Å². The lowest BCUT2D eigenvalue weighted by Crippen LogP contribution is -2.08. The molecule has 0 aromatic heterocycles. The molecular weight excluding hydrogens is 245 g/mol.